The highest BCUT2D eigenvalue weighted by atomic mass is 15.2. The summed E-state index contributed by atoms with van der Waals surface area (Å²) in [5.74, 6) is 1.03. The van der Waals surface area contributed by atoms with E-state index < -0.39 is 0 Å². The Morgan fingerprint density at radius 1 is 1.53 bits per heavy atom. The molecule has 1 fully saturated rings. The van der Waals surface area contributed by atoms with E-state index in [1.165, 1.54) is 6.42 Å². The van der Waals surface area contributed by atoms with E-state index in [0.29, 0.717) is 17.5 Å². The van der Waals surface area contributed by atoms with E-state index in [1.807, 2.05) is 0 Å². The first-order valence-corrected chi connectivity index (χ1v) is 5.72. The summed E-state index contributed by atoms with van der Waals surface area (Å²) in [7, 11) is 0. The Balaban J connectivity index is 2.23. The van der Waals surface area contributed by atoms with Gasteiger partial charge in [-0.15, -0.1) is 0 Å². The van der Waals surface area contributed by atoms with Gasteiger partial charge in [0.2, 0.25) is 5.95 Å². The predicted octanol–water partition coefficient (Wildman–Crippen LogP) is 2.98. The molecule has 3 nitrogen and oxygen atoms in total. The van der Waals surface area contributed by atoms with Gasteiger partial charge in [0.15, 0.2) is 0 Å². The van der Waals surface area contributed by atoms with Crippen molar-refractivity contribution in [3.8, 4) is 0 Å². The smallest absolute Gasteiger partial charge is 0.203 e. The summed E-state index contributed by atoms with van der Waals surface area (Å²) in [6.45, 7) is 11.0. The summed E-state index contributed by atoms with van der Waals surface area (Å²) in [5, 5.41) is 3.41. The number of hydrogen-bond acceptors (Lipinski definition) is 2. The van der Waals surface area contributed by atoms with Gasteiger partial charge in [0, 0.05) is 18.3 Å². The molecule has 1 saturated carbocycles. The Bertz CT molecular complexity index is 363. The number of hydrogen-bond donors (Lipinski definition) is 1. The molecule has 1 atom stereocenters. The van der Waals surface area contributed by atoms with Crippen LogP contribution in [0.4, 0.5) is 5.95 Å². The Labute approximate surface area is 91.9 Å². The lowest BCUT2D eigenvalue weighted by molar-refractivity contribution is 0.542. The van der Waals surface area contributed by atoms with Gasteiger partial charge in [-0.3, -0.25) is 0 Å². The molecule has 0 bridgehead atoms. The van der Waals surface area contributed by atoms with Gasteiger partial charge in [0.05, 0.1) is 5.69 Å². The lowest BCUT2D eigenvalue weighted by Gasteiger charge is -2.13. The van der Waals surface area contributed by atoms with Crippen molar-refractivity contribution in [1.82, 2.24) is 9.55 Å². The van der Waals surface area contributed by atoms with Gasteiger partial charge < -0.3 is 9.88 Å². The highest BCUT2D eigenvalue weighted by Gasteiger charge is 2.47. The van der Waals surface area contributed by atoms with Crippen molar-refractivity contribution >= 4 is 5.95 Å². The average Bonchev–Trinajstić information content (AvgIpc) is 2.52. The largest absolute Gasteiger partial charge is 0.353 e. The van der Waals surface area contributed by atoms with Crippen LogP contribution in [0.15, 0.2) is 6.20 Å². The van der Waals surface area contributed by atoms with Gasteiger partial charge in [-0.1, -0.05) is 13.8 Å². The standard InChI is InChI=1S/C12H21N3/c1-8(2)13-11-14-9(3)7-15(11)10-6-12(10,4)5/h7-8,10H,6H2,1-5H3,(H,13,14). The summed E-state index contributed by atoms with van der Waals surface area (Å²) in [5.41, 5.74) is 1.54. The molecule has 1 aliphatic carbocycles. The lowest BCUT2D eigenvalue weighted by Crippen LogP contribution is -2.15. The summed E-state index contributed by atoms with van der Waals surface area (Å²) in [6, 6.07) is 1.06. The minimum atomic E-state index is 0.437. The van der Waals surface area contributed by atoms with Crippen LogP contribution in [0.3, 0.4) is 0 Å². The predicted molar refractivity (Wildman–Crippen MR) is 63.2 cm³/mol. The number of aromatic nitrogens is 2. The van der Waals surface area contributed by atoms with Crippen LogP contribution in [0.25, 0.3) is 0 Å². The maximum absolute atomic E-state index is 4.53. The molecule has 0 amide bonds. The minimum absolute atomic E-state index is 0.437. The van der Waals surface area contributed by atoms with E-state index in [1.54, 1.807) is 0 Å². The maximum atomic E-state index is 4.53. The molecule has 2 rings (SSSR count). The number of aryl methyl sites for hydroxylation is 1. The summed E-state index contributed by atoms with van der Waals surface area (Å²) in [6.07, 6.45) is 3.42. The fourth-order valence-corrected chi connectivity index (χ4v) is 2.03. The van der Waals surface area contributed by atoms with Gasteiger partial charge >= 0.3 is 0 Å². The monoisotopic (exact) mass is 207 g/mol. The van der Waals surface area contributed by atoms with E-state index in [-0.39, 0.29) is 0 Å². The zero-order valence-corrected chi connectivity index (χ0v) is 10.3. The van der Waals surface area contributed by atoms with Crippen LogP contribution in [0, 0.1) is 12.3 Å². The van der Waals surface area contributed by atoms with E-state index in [4.69, 9.17) is 0 Å². The number of rotatable bonds is 3. The average molecular weight is 207 g/mol. The van der Waals surface area contributed by atoms with Crippen molar-refractivity contribution in [3.63, 3.8) is 0 Å². The fourth-order valence-electron chi connectivity index (χ4n) is 2.03. The van der Waals surface area contributed by atoms with E-state index in [9.17, 15) is 0 Å². The normalized spacial score (nSPS) is 23.2. The van der Waals surface area contributed by atoms with E-state index >= 15 is 0 Å². The molecule has 1 aromatic heterocycles. The second kappa shape index (κ2) is 3.26. The Morgan fingerprint density at radius 3 is 2.60 bits per heavy atom. The third kappa shape index (κ3) is 2.01. The van der Waals surface area contributed by atoms with Crippen LogP contribution >= 0.6 is 0 Å². The van der Waals surface area contributed by atoms with Gasteiger partial charge in [0.25, 0.3) is 0 Å². The van der Waals surface area contributed by atoms with Crippen LogP contribution in [0.5, 0.6) is 0 Å². The van der Waals surface area contributed by atoms with Crippen molar-refractivity contribution in [3.05, 3.63) is 11.9 Å². The van der Waals surface area contributed by atoms with Crippen molar-refractivity contribution in [2.45, 2.75) is 53.1 Å². The molecule has 0 radical (unpaired) electrons. The van der Waals surface area contributed by atoms with Gasteiger partial charge in [-0.25, -0.2) is 4.98 Å². The second-order valence-corrected chi connectivity index (χ2v) is 5.62. The first kappa shape index (κ1) is 10.5. The van der Waals surface area contributed by atoms with Gasteiger partial charge in [-0.05, 0) is 32.6 Å². The van der Waals surface area contributed by atoms with Crippen LogP contribution < -0.4 is 5.32 Å². The fraction of sp³-hybridized carbons (Fsp3) is 0.750. The van der Waals surface area contributed by atoms with Gasteiger partial charge in [-0.2, -0.15) is 0 Å². The summed E-state index contributed by atoms with van der Waals surface area (Å²) < 4.78 is 2.30. The molecular formula is C12H21N3. The summed E-state index contributed by atoms with van der Waals surface area (Å²) >= 11 is 0. The third-order valence-corrected chi connectivity index (χ3v) is 3.07. The molecule has 1 heterocycles. The molecule has 0 saturated heterocycles. The van der Waals surface area contributed by atoms with Crippen LogP contribution in [0.2, 0.25) is 0 Å². The summed E-state index contributed by atoms with van der Waals surface area (Å²) in [4.78, 5) is 4.53. The quantitative estimate of drug-likeness (QED) is 0.825. The second-order valence-electron chi connectivity index (χ2n) is 5.62. The molecule has 0 spiro atoms. The number of anilines is 1. The van der Waals surface area contributed by atoms with E-state index in [0.717, 1.165) is 11.6 Å². The maximum Gasteiger partial charge on any atom is 0.203 e. The van der Waals surface area contributed by atoms with Crippen molar-refractivity contribution in [2.24, 2.45) is 5.41 Å². The van der Waals surface area contributed by atoms with Gasteiger partial charge in [0.1, 0.15) is 0 Å². The molecule has 0 aromatic carbocycles. The lowest BCUT2D eigenvalue weighted by atomic mass is 10.2. The molecule has 1 aromatic rings. The molecule has 1 unspecified atom stereocenters. The van der Waals surface area contributed by atoms with E-state index in [2.05, 4.69) is 55.7 Å². The minimum Gasteiger partial charge on any atom is -0.353 e. The number of nitrogens with one attached hydrogen (secondary N) is 1. The third-order valence-electron chi connectivity index (χ3n) is 3.07. The number of nitrogens with zero attached hydrogens (tertiary/aromatic N) is 2. The molecule has 3 heteroatoms. The van der Waals surface area contributed by atoms with Crippen LogP contribution in [0.1, 0.15) is 45.9 Å². The Morgan fingerprint density at radius 2 is 2.13 bits per heavy atom. The zero-order chi connectivity index (χ0) is 11.2. The molecule has 0 aliphatic heterocycles. The SMILES string of the molecule is Cc1cn(C2CC2(C)C)c(NC(C)C)n1. The molecule has 84 valence electrons. The topological polar surface area (TPSA) is 29.9 Å². The van der Waals surface area contributed by atoms with Crippen molar-refractivity contribution in [2.75, 3.05) is 5.32 Å². The Kier molecular flexibility index (Phi) is 2.28. The van der Waals surface area contributed by atoms with Crippen LogP contribution in [-0.4, -0.2) is 15.6 Å². The number of imidazole rings is 1. The van der Waals surface area contributed by atoms with Crippen molar-refractivity contribution in [1.29, 1.82) is 0 Å². The van der Waals surface area contributed by atoms with Crippen LogP contribution in [-0.2, 0) is 0 Å². The molecule has 1 N–H and O–H groups in total. The highest BCUT2D eigenvalue weighted by molar-refractivity contribution is 5.32. The molecule has 15 heavy (non-hydrogen) atoms. The highest BCUT2D eigenvalue weighted by Crippen LogP contribution is 2.56. The first-order chi connectivity index (χ1) is 6.90. The Hall–Kier alpha value is -0.990. The molecule has 1 aliphatic rings. The zero-order valence-electron chi connectivity index (χ0n) is 10.3. The first-order valence-electron chi connectivity index (χ1n) is 5.72. The van der Waals surface area contributed by atoms with Crippen molar-refractivity contribution < 1.29 is 0 Å². The molecular weight excluding hydrogens is 186 g/mol.